The maximum atomic E-state index is 13.4. The van der Waals surface area contributed by atoms with E-state index in [2.05, 4.69) is 9.89 Å². The highest BCUT2D eigenvalue weighted by atomic mass is 19.1. The summed E-state index contributed by atoms with van der Waals surface area (Å²) in [4.78, 5) is 20.0. The molecule has 0 unspecified atom stereocenters. The van der Waals surface area contributed by atoms with Gasteiger partial charge in [-0.25, -0.2) is 18.6 Å². The molecule has 4 nitrogen and oxygen atoms in total. The van der Waals surface area contributed by atoms with Crippen molar-refractivity contribution in [1.82, 2.24) is 9.80 Å². The number of halogens is 2. The quantitative estimate of drug-likeness (QED) is 0.653. The number of benzene rings is 2. The van der Waals surface area contributed by atoms with Gasteiger partial charge in [-0.3, -0.25) is 0 Å². The number of carbonyl (C=O) groups is 1. The van der Waals surface area contributed by atoms with Crippen molar-refractivity contribution in [3.05, 3.63) is 71.3 Å². The number of nitrogens with zero attached hydrogens (tertiary/aromatic N) is 3. The molecule has 6 heteroatoms. The fourth-order valence-electron chi connectivity index (χ4n) is 4.55. The molecule has 4 rings (SSSR count). The van der Waals surface area contributed by atoms with Crippen LogP contribution in [0.1, 0.15) is 42.7 Å². The fraction of sp³-hybridized carbons (Fsp3) is 0.417. The van der Waals surface area contributed by atoms with E-state index in [1.807, 2.05) is 29.2 Å². The molecule has 0 atom stereocenters. The van der Waals surface area contributed by atoms with E-state index in [1.165, 1.54) is 24.3 Å². The number of amides is 2. The first-order chi connectivity index (χ1) is 14.6. The molecule has 2 aliphatic heterocycles. The predicted molar refractivity (Wildman–Crippen MR) is 114 cm³/mol. The van der Waals surface area contributed by atoms with Crippen molar-refractivity contribution in [3.8, 4) is 0 Å². The molecule has 0 aromatic heterocycles. The highest BCUT2D eigenvalue weighted by Crippen LogP contribution is 2.30. The number of urea groups is 1. The molecule has 0 N–H and O–H groups in total. The lowest BCUT2D eigenvalue weighted by Crippen LogP contribution is -2.45. The van der Waals surface area contributed by atoms with E-state index in [1.54, 1.807) is 6.21 Å². The Morgan fingerprint density at radius 3 is 2.00 bits per heavy atom. The Hall–Kier alpha value is -2.60. The summed E-state index contributed by atoms with van der Waals surface area (Å²) >= 11 is 0. The van der Waals surface area contributed by atoms with Crippen LogP contribution in [0.3, 0.4) is 0 Å². The third-order valence-corrected chi connectivity index (χ3v) is 6.24. The van der Waals surface area contributed by atoms with Gasteiger partial charge in [-0.05, 0) is 67.6 Å². The maximum absolute atomic E-state index is 13.4. The first kappa shape index (κ1) is 20.7. The lowest BCUT2D eigenvalue weighted by atomic mass is 9.87. The zero-order valence-electron chi connectivity index (χ0n) is 17.0. The molecule has 30 heavy (non-hydrogen) atoms. The summed E-state index contributed by atoms with van der Waals surface area (Å²) in [6.45, 7) is 3.58. The number of likely N-dealkylation sites (tertiary alicyclic amines) is 1. The van der Waals surface area contributed by atoms with Gasteiger partial charge in [-0.15, -0.1) is 0 Å². The van der Waals surface area contributed by atoms with Crippen LogP contribution in [0.2, 0.25) is 0 Å². The molecule has 2 aromatic carbocycles. The summed E-state index contributed by atoms with van der Waals surface area (Å²) in [7, 11) is 0. The molecule has 2 amide bonds. The minimum absolute atomic E-state index is 0.102. The summed E-state index contributed by atoms with van der Waals surface area (Å²) in [5.74, 6) is -0.383. The normalized spacial score (nSPS) is 18.0. The molecule has 1 fully saturated rings. The van der Waals surface area contributed by atoms with Gasteiger partial charge in [0, 0.05) is 31.3 Å². The smallest absolute Gasteiger partial charge is 0.315 e. The zero-order chi connectivity index (χ0) is 20.9. The fourth-order valence-corrected chi connectivity index (χ4v) is 4.55. The molecule has 1 saturated heterocycles. The van der Waals surface area contributed by atoms with Crippen LogP contribution >= 0.6 is 0 Å². The largest absolute Gasteiger partial charge is 0.343 e. The SMILES string of the molecule is O=C1N=CCN1C1CCN(CCCC(c2ccc(F)cc2)c2ccc(F)cc2)CC1. The van der Waals surface area contributed by atoms with Crippen molar-refractivity contribution in [3.63, 3.8) is 0 Å². The van der Waals surface area contributed by atoms with Crippen LogP contribution < -0.4 is 0 Å². The third kappa shape index (κ3) is 4.93. The van der Waals surface area contributed by atoms with Crippen LogP contribution in [0.25, 0.3) is 0 Å². The summed E-state index contributed by atoms with van der Waals surface area (Å²) in [5, 5.41) is 0. The van der Waals surface area contributed by atoms with Gasteiger partial charge in [0.05, 0.1) is 6.54 Å². The Kier molecular flexibility index (Phi) is 6.53. The molecule has 2 aliphatic rings. The van der Waals surface area contributed by atoms with E-state index < -0.39 is 0 Å². The van der Waals surface area contributed by atoms with Crippen molar-refractivity contribution in [2.75, 3.05) is 26.2 Å². The minimum atomic E-state index is -0.249. The zero-order valence-corrected chi connectivity index (χ0v) is 17.0. The molecular weight excluding hydrogens is 384 g/mol. The molecule has 2 heterocycles. The van der Waals surface area contributed by atoms with Crippen LogP contribution in [-0.4, -0.2) is 54.3 Å². The Morgan fingerprint density at radius 2 is 1.50 bits per heavy atom. The van der Waals surface area contributed by atoms with Gasteiger partial charge in [-0.2, -0.15) is 0 Å². The Morgan fingerprint density at radius 1 is 0.933 bits per heavy atom. The number of aliphatic imine (C=N–C) groups is 1. The van der Waals surface area contributed by atoms with Gasteiger partial charge in [-0.1, -0.05) is 24.3 Å². The third-order valence-electron chi connectivity index (χ3n) is 6.24. The number of hydrogen-bond acceptors (Lipinski definition) is 2. The lowest BCUT2D eigenvalue weighted by Gasteiger charge is -2.36. The van der Waals surface area contributed by atoms with Gasteiger partial charge >= 0.3 is 6.03 Å². The first-order valence-corrected chi connectivity index (χ1v) is 10.7. The minimum Gasteiger partial charge on any atom is -0.315 e. The van der Waals surface area contributed by atoms with E-state index in [-0.39, 0.29) is 23.6 Å². The Balaban J connectivity index is 1.32. The van der Waals surface area contributed by atoms with Crippen LogP contribution in [-0.2, 0) is 0 Å². The average molecular weight is 411 g/mol. The van der Waals surface area contributed by atoms with Gasteiger partial charge in [0.15, 0.2) is 0 Å². The van der Waals surface area contributed by atoms with E-state index in [0.29, 0.717) is 12.6 Å². The highest BCUT2D eigenvalue weighted by Gasteiger charge is 2.29. The van der Waals surface area contributed by atoms with Crippen LogP contribution in [0.4, 0.5) is 13.6 Å². The topological polar surface area (TPSA) is 35.9 Å². The maximum Gasteiger partial charge on any atom is 0.343 e. The standard InChI is InChI=1S/C24H27F2N3O/c25-20-7-3-18(4-8-20)23(19-5-9-21(26)10-6-19)2-1-14-28-15-11-22(12-16-28)29-17-13-27-24(29)30/h3-10,13,22-23H,1-2,11-12,14-17H2. The lowest BCUT2D eigenvalue weighted by molar-refractivity contribution is 0.136. The second kappa shape index (κ2) is 9.47. The second-order valence-electron chi connectivity index (χ2n) is 8.12. The van der Waals surface area contributed by atoms with Crippen molar-refractivity contribution < 1.29 is 13.6 Å². The summed E-state index contributed by atoms with van der Waals surface area (Å²) in [6, 6.07) is 13.4. The van der Waals surface area contributed by atoms with Crippen LogP contribution in [0.5, 0.6) is 0 Å². The summed E-state index contributed by atoms with van der Waals surface area (Å²) < 4.78 is 26.8. The van der Waals surface area contributed by atoms with E-state index >= 15 is 0 Å². The number of carbonyl (C=O) groups excluding carboxylic acids is 1. The number of piperidine rings is 1. The molecule has 0 aliphatic carbocycles. The highest BCUT2D eigenvalue weighted by molar-refractivity contribution is 5.91. The van der Waals surface area contributed by atoms with Gasteiger partial charge in [0.25, 0.3) is 0 Å². The average Bonchev–Trinajstić information content (AvgIpc) is 3.19. The summed E-state index contributed by atoms with van der Waals surface area (Å²) in [5.41, 5.74) is 2.10. The van der Waals surface area contributed by atoms with Gasteiger partial charge in [0.1, 0.15) is 11.6 Å². The molecule has 0 radical (unpaired) electrons. The second-order valence-corrected chi connectivity index (χ2v) is 8.12. The van der Waals surface area contributed by atoms with E-state index in [0.717, 1.165) is 56.4 Å². The molecule has 0 saturated carbocycles. The predicted octanol–water partition coefficient (Wildman–Crippen LogP) is 4.85. The van der Waals surface area contributed by atoms with Crippen LogP contribution in [0, 0.1) is 11.6 Å². The van der Waals surface area contributed by atoms with Crippen molar-refractivity contribution in [1.29, 1.82) is 0 Å². The van der Waals surface area contributed by atoms with Gasteiger partial charge in [0.2, 0.25) is 0 Å². The van der Waals surface area contributed by atoms with E-state index in [9.17, 15) is 13.6 Å². The number of hydrogen-bond donors (Lipinski definition) is 0. The van der Waals surface area contributed by atoms with Crippen molar-refractivity contribution in [2.45, 2.75) is 37.6 Å². The molecule has 0 spiro atoms. The monoisotopic (exact) mass is 411 g/mol. The Bertz CT molecular complexity index is 829. The number of rotatable bonds is 7. The molecule has 158 valence electrons. The van der Waals surface area contributed by atoms with Crippen molar-refractivity contribution in [2.24, 2.45) is 4.99 Å². The molecule has 2 aromatic rings. The Labute approximate surface area is 176 Å². The first-order valence-electron chi connectivity index (χ1n) is 10.7. The van der Waals surface area contributed by atoms with E-state index in [4.69, 9.17) is 0 Å². The van der Waals surface area contributed by atoms with Crippen LogP contribution in [0.15, 0.2) is 53.5 Å². The van der Waals surface area contributed by atoms with Crippen molar-refractivity contribution >= 4 is 12.2 Å². The molecular formula is C24H27F2N3O. The molecule has 0 bridgehead atoms. The summed E-state index contributed by atoms with van der Waals surface area (Å²) in [6.07, 6.45) is 5.56. The van der Waals surface area contributed by atoms with Gasteiger partial charge < -0.3 is 9.80 Å².